The molecule has 7 heteroatoms. The molecule has 1 atom stereocenters. The zero-order valence-corrected chi connectivity index (χ0v) is 17.5. The standard InChI is InChI=1S/C21H26N4O2S/c1-5-8-17-15-9-6-7-10-16(15)24(4)21(27)25(17)18(13-14(2)3)19(26)23-20-22-11-12-28-20/h6-12,14,18H,5,13H2,1-4H3,(H,22,23,26)/b17-8+. The van der Waals surface area contributed by atoms with E-state index in [2.05, 4.69) is 24.1 Å². The SMILES string of the molecule is CC/C=C1\c2ccccc2N(C)C(=O)N1C(CC(C)C)C(=O)Nc1nccs1. The fourth-order valence-electron chi connectivity index (χ4n) is 3.43. The second-order valence-electron chi connectivity index (χ2n) is 7.20. The van der Waals surface area contributed by atoms with E-state index in [-0.39, 0.29) is 17.9 Å². The van der Waals surface area contributed by atoms with Crippen molar-refractivity contribution in [2.75, 3.05) is 17.3 Å². The largest absolute Gasteiger partial charge is 0.329 e. The first-order chi connectivity index (χ1) is 13.4. The molecule has 3 rings (SSSR count). The highest BCUT2D eigenvalue weighted by Crippen LogP contribution is 2.38. The van der Waals surface area contributed by atoms with Crippen molar-refractivity contribution in [1.82, 2.24) is 9.88 Å². The summed E-state index contributed by atoms with van der Waals surface area (Å²) in [7, 11) is 1.75. The van der Waals surface area contributed by atoms with E-state index in [0.29, 0.717) is 11.6 Å². The van der Waals surface area contributed by atoms with Gasteiger partial charge >= 0.3 is 6.03 Å². The molecular formula is C21H26N4O2S. The molecule has 2 aromatic rings. The van der Waals surface area contributed by atoms with Gasteiger partial charge in [0.05, 0.1) is 11.4 Å². The van der Waals surface area contributed by atoms with Crippen molar-refractivity contribution < 1.29 is 9.59 Å². The first-order valence-electron chi connectivity index (χ1n) is 9.50. The summed E-state index contributed by atoms with van der Waals surface area (Å²) < 4.78 is 0. The fraction of sp³-hybridized carbons (Fsp3) is 0.381. The Kier molecular flexibility index (Phi) is 6.14. The maximum atomic E-state index is 13.3. The lowest BCUT2D eigenvalue weighted by Crippen LogP contribution is -2.53. The van der Waals surface area contributed by atoms with Crippen molar-refractivity contribution in [3.63, 3.8) is 0 Å². The van der Waals surface area contributed by atoms with E-state index in [4.69, 9.17) is 0 Å². The quantitative estimate of drug-likeness (QED) is 0.759. The highest BCUT2D eigenvalue weighted by atomic mass is 32.1. The molecule has 6 nitrogen and oxygen atoms in total. The maximum Gasteiger partial charge on any atom is 0.329 e. The molecule has 2 heterocycles. The van der Waals surface area contributed by atoms with Gasteiger partial charge in [-0.05, 0) is 24.8 Å². The molecule has 1 aromatic heterocycles. The minimum absolute atomic E-state index is 0.196. The van der Waals surface area contributed by atoms with Crippen LogP contribution in [0.5, 0.6) is 0 Å². The van der Waals surface area contributed by atoms with Gasteiger partial charge in [-0.3, -0.25) is 14.6 Å². The van der Waals surface area contributed by atoms with Gasteiger partial charge in [-0.2, -0.15) is 0 Å². The number of rotatable bonds is 6. The van der Waals surface area contributed by atoms with Crippen molar-refractivity contribution in [1.29, 1.82) is 0 Å². The highest BCUT2D eigenvalue weighted by Gasteiger charge is 2.39. The summed E-state index contributed by atoms with van der Waals surface area (Å²) in [5.41, 5.74) is 2.61. The average Bonchev–Trinajstić information content (AvgIpc) is 3.17. The number of amides is 3. The van der Waals surface area contributed by atoms with E-state index in [1.54, 1.807) is 23.0 Å². The van der Waals surface area contributed by atoms with Crippen LogP contribution in [0.3, 0.4) is 0 Å². The van der Waals surface area contributed by atoms with Gasteiger partial charge in [0.1, 0.15) is 6.04 Å². The summed E-state index contributed by atoms with van der Waals surface area (Å²) in [6, 6.07) is 6.99. The number of urea groups is 1. The number of fused-ring (bicyclic) bond motifs is 1. The predicted molar refractivity (Wildman–Crippen MR) is 114 cm³/mol. The third-order valence-corrected chi connectivity index (χ3v) is 5.35. The Morgan fingerprint density at radius 3 is 2.71 bits per heavy atom. The molecule has 0 saturated heterocycles. The van der Waals surface area contributed by atoms with Crippen LogP contribution in [0.15, 0.2) is 41.9 Å². The molecule has 0 radical (unpaired) electrons. The second-order valence-corrected chi connectivity index (χ2v) is 8.09. The number of benzene rings is 1. The van der Waals surface area contributed by atoms with Crippen LogP contribution in [0, 0.1) is 5.92 Å². The maximum absolute atomic E-state index is 13.3. The monoisotopic (exact) mass is 398 g/mol. The minimum Gasteiger partial charge on any atom is -0.300 e. The van der Waals surface area contributed by atoms with E-state index in [0.717, 1.165) is 23.4 Å². The molecule has 0 spiro atoms. The Bertz CT molecular complexity index is 876. The minimum atomic E-state index is -0.620. The van der Waals surface area contributed by atoms with Crippen LogP contribution < -0.4 is 10.2 Å². The van der Waals surface area contributed by atoms with E-state index in [1.807, 2.05) is 42.6 Å². The molecule has 0 fully saturated rings. The first kappa shape index (κ1) is 20.1. The summed E-state index contributed by atoms with van der Waals surface area (Å²) in [6.07, 6.45) is 4.99. The van der Waals surface area contributed by atoms with Crippen LogP contribution in [-0.2, 0) is 4.79 Å². The van der Waals surface area contributed by atoms with Crippen molar-refractivity contribution in [2.24, 2.45) is 5.92 Å². The number of hydrogen-bond donors (Lipinski definition) is 1. The molecule has 28 heavy (non-hydrogen) atoms. The molecule has 1 unspecified atom stereocenters. The van der Waals surface area contributed by atoms with Gasteiger partial charge in [0.15, 0.2) is 5.13 Å². The molecule has 1 aliphatic rings. The van der Waals surface area contributed by atoms with Crippen LogP contribution in [0.25, 0.3) is 5.70 Å². The Morgan fingerprint density at radius 2 is 2.07 bits per heavy atom. The summed E-state index contributed by atoms with van der Waals surface area (Å²) in [6.45, 7) is 6.14. The summed E-state index contributed by atoms with van der Waals surface area (Å²) in [5, 5.41) is 5.23. The van der Waals surface area contributed by atoms with Crippen LogP contribution in [0.2, 0.25) is 0 Å². The number of para-hydroxylation sites is 1. The van der Waals surface area contributed by atoms with E-state index in [1.165, 1.54) is 11.3 Å². The zero-order chi connectivity index (χ0) is 20.3. The van der Waals surface area contributed by atoms with Gasteiger partial charge in [0.2, 0.25) is 5.91 Å². The number of hydrogen-bond acceptors (Lipinski definition) is 4. The summed E-state index contributed by atoms with van der Waals surface area (Å²) in [4.78, 5) is 33.9. The van der Waals surface area contributed by atoms with Crippen LogP contribution in [-0.4, -0.2) is 34.9 Å². The number of carbonyl (C=O) groups is 2. The van der Waals surface area contributed by atoms with Crippen LogP contribution in [0.4, 0.5) is 15.6 Å². The molecule has 0 aliphatic carbocycles. The van der Waals surface area contributed by atoms with Gasteiger partial charge < -0.3 is 5.32 Å². The smallest absolute Gasteiger partial charge is 0.300 e. The number of thiazole rings is 1. The average molecular weight is 399 g/mol. The Hall–Kier alpha value is -2.67. The Balaban J connectivity index is 2.05. The van der Waals surface area contributed by atoms with E-state index >= 15 is 0 Å². The number of carbonyl (C=O) groups excluding carboxylic acids is 2. The van der Waals surface area contributed by atoms with Gasteiger partial charge in [-0.15, -0.1) is 11.3 Å². The number of nitrogens with one attached hydrogen (secondary N) is 1. The molecule has 0 saturated carbocycles. The van der Waals surface area contributed by atoms with Crippen LogP contribution >= 0.6 is 11.3 Å². The number of aromatic nitrogens is 1. The van der Waals surface area contributed by atoms with E-state index < -0.39 is 6.04 Å². The van der Waals surface area contributed by atoms with Crippen LogP contribution in [0.1, 0.15) is 39.2 Å². The molecule has 148 valence electrons. The third-order valence-electron chi connectivity index (χ3n) is 4.66. The van der Waals surface area contributed by atoms with Crippen molar-refractivity contribution in [3.8, 4) is 0 Å². The topological polar surface area (TPSA) is 65.5 Å². The molecule has 3 amide bonds. The molecule has 1 aromatic carbocycles. The lowest BCUT2D eigenvalue weighted by Gasteiger charge is -2.41. The fourth-order valence-corrected chi connectivity index (χ4v) is 3.96. The van der Waals surface area contributed by atoms with Gasteiger partial charge in [-0.25, -0.2) is 9.78 Å². The molecule has 1 N–H and O–H groups in total. The summed E-state index contributed by atoms with van der Waals surface area (Å²) >= 11 is 1.36. The van der Waals surface area contributed by atoms with Gasteiger partial charge in [0, 0.05) is 24.2 Å². The summed E-state index contributed by atoms with van der Waals surface area (Å²) in [5.74, 6) is 0.0250. The lowest BCUT2D eigenvalue weighted by atomic mass is 9.97. The third kappa shape index (κ3) is 3.94. The van der Waals surface area contributed by atoms with Crippen molar-refractivity contribution in [2.45, 2.75) is 39.7 Å². The normalized spacial score (nSPS) is 16.5. The molecule has 1 aliphatic heterocycles. The Labute approximate surface area is 169 Å². The number of nitrogens with zero attached hydrogens (tertiary/aromatic N) is 3. The first-order valence-corrected chi connectivity index (χ1v) is 10.4. The van der Waals surface area contributed by atoms with E-state index in [9.17, 15) is 9.59 Å². The predicted octanol–water partition coefficient (Wildman–Crippen LogP) is 4.82. The number of allylic oxidation sites excluding steroid dienone is 1. The van der Waals surface area contributed by atoms with Crippen molar-refractivity contribution in [3.05, 3.63) is 47.5 Å². The molecule has 0 bridgehead atoms. The number of anilines is 2. The Morgan fingerprint density at radius 1 is 1.32 bits per heavy atom. The second kappa shape index (κ2) is 8.56. The van der Waals surface area contributed by atoms with Gasteiger partial charge in [-0.1, -0.05) is 45.0 Å². The zero-order valence-electron chi connectivity index (χ0n) is 16.7. The lowest BCUT2D eigenvalue weighted by molar-refractivity contribution is -0.120. The molecular weight excluding hydrogens is 372 g/mol. The van der Waals surface area contributed by atoms with Crippen molar-refractivity contribution >= 4 is 39.8 Å². The van der Waals surface area contributed by atoms with Gasteiger partial charge in [0.25, 0.3) is 0 Å². The highest BCUT2D eigenvalue weighted by molar-refractivity contribution is 7.13.